The van der Waals surface area contributed by atoms with Crippen LogP contribution < -0.4 is 10.1 Å². The van der Waals surface area contributed by atoms with Crippen LogP contribution in [0.4, 0.5) is 9.52 Å². The van der Waals surface area contributed by atoms with Gasteiger partial charge in [0.05, 0.1) is 7.11 Å². The molecule has 0 radical (unpaired) electrons. The van der Waals surface area contributed by atoms with Crippen molar-refractivity contribution >= 4 is 34.1 Å². The SMILES string of the molecule is COc1ccccc1CCC(=O)Nc1nnc(SCc2ccc(F)cc2)s1. The minimum Gasteiger partial charge on any atom is -0.496 e. The van der Waals surface area contributed by atoms with Crippen LogP contribution in [0.15, 0.2) is 52.9 Å². The maximum atomic E-state index is 12.9. The molecule has 2 aromatic carbocycles. The first kappa shape index (κ1) is 19.3. The molecule has 0 unspecified atom stereocenters. The number of carbonyl (C=O) groups excluding carboxylic acids is 1. The standard InChI is InChI=1S/C19H18FN3O2S2/c1-25-16-5-3-2-4-14(16)8-11-17(24)21-18-22-23-19(27-18)26-12-13-6-9-15(20)10-7-13/h2-7,9-10H,8,11-12H2,1H3,(H,21,22,24). The number of carbonyl (C=O) groups is 1. The van der Waals surface area contributed by atoms with Gasteiger partial charge >= 0.3 is 0 Å². The van der Waals surface area contributed by atoms with E-state index in [-0.39, 0.29) is 11.7 Å². The molecule has 1 heterocycles. The molecular weight excluding hydrogens is 385 g/mol. The third-order valence-electron chi connectivity index (χ3n) is 3.74. The molecule has 0 aliphatic heterocycles. The zero-order valence-electron chi connectivity index (χ0n) is 14.6. The largest absolute Gasteiger partial charge is 0.496 e. The first-order valence-electron chi connectivity index (χ1n) is 8.26. The summed E-state index contributed by atoms with van der Waals surface area (Å²) in [5.41, 5.74) is 1.99. The molecule has 1 aromatic heterocycles. The van der Waals surface area contributed by atoms with Gasteiger partial charge in [0.2, 0.25) is 11.0 Å². The number of thioether (sulfide) groups is 1. The third-order valence-corrected chi connectivity index (χ3v) is 5.79. The fourth-order valence-corrected chi connectivity index (χ4v) is 4.11. The second-order valence-electron chi connectivity index (χ2n) is 5.65. The Labute approximate surface area is 165 Å². The van der Waals surface area contributed by atoms with Crippen LogP contribution in [0.2, 0.25) is 0 Å². The summed E-state index contributed by atoms with van der Waals surface area (Å²) in [6.45, 7) is 0. The molecule has 3 aromatic rings. The number of rotatable bonds is 8. The van der Waals surface area contributed by atoms with E-state index in [0.29, 0.717) is 23.7 Å². The van der Waals surface area contributed by atoms with Crippen LogP contribution in [0, 0.1) is 5.82 Å². The minimum absolute atomic E-state index is 0.118. The fourth-order valence-electron chi connectivity index (χ4n) is 2.38. The number of hydrogen-bond acceptors (Lipinski definition) is 6. The number of nitrogens with zero attached hydrogens (tertiary/aromatic N) is 2. The highest BCUT2D eigenvalue weighted by Gasteiger charge is 2.10. The third kappa shape index (κ3) is 5.77. The summed E-state index contributed by atoms with van der Waals surface area (Å²) in [5, 5.41) is 11.3. The van der Waals surface area contributed by atoms with Crippen molar-refractivity contribution in [2.75, 3.05) is 12.4 Å². The maximum Gasteiger partial charge on any atom is 0.226 e. The van der Waals surface area contributed by atoms with Crippen molar-refractivity contribution in [1.29, 1.82) is 0 Å². The number of amides is 1. The van der Waals surface area contributed by atoms with Gasteiger partial charge in [0.1, 0.15) is 11.6 Å². The molecule has 0 aliphatic rings. The van der Waals surface area contributed by atoms with Gasteiger partial charge in [-0.2, -0.15) is 0 Å². The Morgan fingerprint density at radius 3 is 2.74 bits per heavy atom. The molecule has 1 N–H and O–H groups in total. The van der Waals surface area contributed by atoms with Gasteiger partial charge in [-0.15, -0.1) is 10.2 Å². The highest BCUT2D eigenvalue weighted by molar-refractivity contribution is 8.00. The summed E-state index contributed by atoms with van der Waals surface area (Å²) >= 11 is 2.82. The van der Waals surface area contributed by atoms with Crippen LogP contribution in [0.25, 0.3) is 0 Å². The zero-order valence-corrected chi connectivity index (χ0v) is 16.3. The van der Waals surface area contributed by atoms with Crippen molar-refractivity contribution in [2.24, 2.45) is 0 Å². The summed E-state index contributed by atoms with van der Waals surface area (Å²) < 4.78 is 19.0. The Balaban J connectivity index is 1.48. The second-order valence-corrected chi connectivity index (χ2v) is 7.85. The van der Waals surface area contributed by atoms with Gasteiger partial charge < -0.3 is 10.1 Å². The van der Waals surface area contributed by atoms with Crippen LogP contribution in [0.5, 0.6) is 5.75 Å². The van der Waals surface area contributed by atoms with Crippen molar-refractivity contribution in [3.63, 3.8) is 0 Å². The number of anilines is 1. The Morgan fingerprint density at radius 1 is 1.19 bits per heavy atom. The number of nitrogens with one attached hydrogen (secondary N) is 1. The minimum atomic E-state index is -0.252. The van der Waals surface area contributed by atoms with Gasteiger partial charge in [-0.1, -0.05) is 53.4 Å². The average Bonchev–Trinajstić information content (AvgIpc) is 3.13. The van der Waals surface area contributed by atoms with Gasteiger partial charge in [-0.3, -0.25) is 4.79 Å². The summed E-state index contributed by atoms with van der Waals surface area (Å²) in [7, 11) is 1.62. The lowest BCUT2D eigenvalue weighted by atomic mass is 10.1. The molecule has 0 spiro atoms. The molecule has 8 heteroatoms. The highest BCUT2D eigenvalue weighted by Crippen LogP contribution is 2.28. The van der Waals surface area contributed by atoms with Gasteiger partial charge in [0.15, 0.2) is 4.34 Å². The number of methoxy groups -OCH3 is 1. The van der Waals surface area contributed by atoms with Crippen molar-refractivity contribution < 1.29 is 13.9 Å². The zero-order chi connectivity index (χ0) is 19.1. The van der Waals surface area contributed by atoms with Crippen LogP contribution in [0.3, 0.4) is 0 Å². The van der Waals surface area contributed by atoms with E-state index >= 15 is 0 Å². The molecule has 0 atom stereocenters. The summed E-state index contributed by atoms with van der Waals surface area (Å²) in [6.07, 6.45) is 0.916. The predicted molar refractivity (Wildman–Crippen MR) is 106 cm³/mol. The first-order chi connectivity index (χ1) is 13.1. The van der Waals surface area contributed by atoms with Crippen molar-refractivity contribution in [3.05, 3.63) is 65.5 Å². The smallest absolute Gasteiger partial charge is 0.226 e. The molecule has 5 nitrogen and oxygen atoms in total. The monoisotopic (exact) mass is 403 g/mol. The Hall–Kier alpha value is -2.45. The number of aromatic nitrogens is 2. The Bertz CT molecular complexity index is 900. The molecule has 1 amide bonds. The maximum absolute atomic E-state index is 12.9. The van der Waals surface area contributed by atoms with Crippen LogP contribution in [-0.2, 0) is 17.0 Å². The lowest BCUT2D eigenvalue weighted by molar-refractivity contribution is -0.116. The highest BCUT2D eigenvalue weighted by atomic mass is 32.2. The van der Waals surface area contributed by atoms with Crippen LogP contribution >= 0.6 is 23.1 Å². The van der Waals surface area contributed by atoms with Crippen molar-refractivity contribution in [3.8, 4) is 5.75 Å². The molecule has 27 heavy (non-hydrogen) atoms. The van der Waals surface area contributed by atoms with E-state index in [1.165, 1.54) is 35.2 Å². The Morgan fingerprint density at radius 2 is 1.96 bits per heavy atom. The van der Waals surface area contributed by atoms with Gasteiger partial charge in [0, 0.05) is 12.2 Å². The number of hydrogen-bond donors (Lipinski definition) is 1. The number of para-hydroxylation sites is 1. The van der Waals surface area contributed by atoms with E-state index < -0.39 is 0 Å². The van der Waals surface area contributed by atoms with Crippen molar-refractivity contribution in [1.82, 2.24) is 10.2 Å². The number of ether oxygens (including phenoxy) is 1. The summed E-state index contributed by atoms with van der Waals surface area (Å²) in [5.74, 6) is 1.07. The topological polar surface area (TPSA) is 64.1 Å². The molecule has 140 valence electrons. The van der Waals surface area contributed by atoms with E-state index in [0.717, 1.165) is 21.2 Å². The quantitative estimate of drug-likeness (QED) is 0.442. The molecular formula is C19H18FN3O2S2. The van der Waals surface area contributed by atoms with Crippen LogP contribution in [0.1, 0.15) is 17.5 Å². The van der Waals surface area contributed by atoms with Crippen molar-refractivity contribution in [2.45, 2.75) is 22.9 Å². The molecule has 0 saturated carbocycles. The average molecular weight is 404 g/mol. The van der Waals surface area contributed by atoms with Gasteiger partial charge in [0.25, 0.3) is 0 Å². The second kappa shape index (κ2) is 9.48. The molecule has 0 saturated heterocycles. The summed E-state index contributed by atoms with van der Waals surface area (Å²) in [4.78, 5) is 12.2. The van der Waals surface area contributed by atoms with E-state index in [1.54, 1.807) is 19.2 Å². The normalized spacial score (nSPS) is 10.6. The van der Waals surface area contributed by atoms with Gasteiger partial charge in [-0.25, -0.2) is 4.39 Å². The van der Waals surface area contributed by atoms with E-state index in [2.05, 4.69) is 15.5 Å². The lowest BCUT2D eigenvalue weighted by Crippen LogP contribution is -2.12. The molecule has 0 bridgehead atoms. The van der Waals surface area contributed by atoms with E-state index in [1.807, 2.05) is 24.3 Å². The number of aryl methyl sites for hydroxylation is 1. The lowest BCUT2D eigenvalue weighted by Gasteiger charge is -2.07. The number of halogens is 1. The molecule has 0 aliphatic carbocycles. The molecule has 3 rings (SSSR count). The Kier molecular flexibility index (Phi) is 6.78. The first-order valence-corrected chi connectivity index (χ1v) is 10.1. The fraction of sp³-hybridized carbons (Fsp3) is 0.211. The number of benzene rings is 2. The van der Waals surface area contributed by atoms with Crippen LogP contribution in [-0.4, -0.2) is 23.2 Å². The summed E-state index contributed by atoms with van der Waals surface area (Å²) in [6, 6.07) is 14.0. The van der Waals surface area contributed by atoms with Gasteiger partial charge in [-0.05, 0) is 35.7 Å². The predicted octanol–water partition coefficient (Wildman–Crippen LogP) is 4.55. The van der Waals surface area contributed by atoms with E-state index in [9.17, 15) is 9.18 Å². The van der Waals surface area contributed by atoms with E-state index in [4.69, 9.17) is 4.74 Å². The molecule has 0 fully saturated rings.